The number of hydrogen-bond donors (Lipinski definition) is 1. The van der Waals surface area contributed by atoms with Crippen LogP contribution in [0.5, 0.6) is 5.75 Å². The summed E-state index contributed by atoms with van der Waals surface area (Å²) in [5.41, 5.74) is 2.21. The van der Waals surface area contributed by atoms with Crippen LogP contribution >= 0.6 is 11.6 Å². The first-order valence-corrected chi connectivity index (χ1v) is 4.74. The Morgan fingerprint density at radius 3 is 3.08 bits per heavy atom. The molecule has 2 rings (SSSR count). The van der Waals surface area contributed by atoms with Crippen molar-refractivity contribution in [1.82, 2.24) is 0 Å². The highest BCUT2D eigenvalue weighted by atomic mass is 35.5. The minimum atomic E-state index is 0.135. The van der Waals surface area contributed by atoms with Crippen molar-refractivity contribution in [2.24, 2.45) is 0 Å². The minimum Gasteiger partial charge on any atom is -0.493 e. The van der Waals surface area contributed by atoms with Crippen molar-refractivity contribution in [2.75, 3.05) is 13.2 Å². The van der Waals surface area contributed by atoms with Crippen molar-refractivity contribution >= 4 is 11.6 Å². The predicted octanol–water partition coefficient (Wildman–Crippen LogP) is 1.81. The van der Waals surface area contributed by atoms with Crippen LogP contribution in [0.3, 0.4) is 0 Å². The molecule has 70 valence electrons. The van der Waals surface area contributed by atoms with Crippen molar-refractivity contribution < 1.29 is 9.84 Å². The third-order valence-corrected chi connectivity index (χ3v) is 2.66. The van der Waals surface area contributed by atoms with E-state index in [4.69, 9.17) is 21.4 Å². The van der Waals surface area contributed by atoms with Crippen LogP contribution in [0.25, 0.3) is 0 Å². The molecule has 1 aromatic rings. The van der Waals surface area contributed by atoms with E-state index in [9.17, 15) is 0 Å². The van der Waals surface area contributed by atoms with Gasteiger partial charge in [-0.1, -0.05) is 11.6 Å². The molecule has 1 aromatic carbocycles. The summed E-state index contributed by atoms with van der Waals surface area (Å²) in [5, 5.41) is 9.61. The summed E-state index contributed by atoms with van der Waals surface area (Å²) >= 11 is 6.02. The summed E-state index contributed by atoms with van der Waals surface area (Å²) in [6, 6.07) is 3.72. The van der Waals surface area contributed by atoms with Gasteiger partial charge in [0, 0.05) is 23.6 Å². The summed E-state index contributed by atoms with van der Waals surface area (Å²) in [6.07, 6.45) is 1.52. The van der Waals surface area contributed by atoms with Gasteiger partial charge in [0.15, 0.2) is 0 Å². The van der Waals surface area contributed by atoms with Gasteiger partial charge in [-0.2, -0.15) is 0 Å². The molecule has 13 heavy (non-hydrogen) atoms. The molecular formula is C10H11ClO2. The second kappa shape index (κ2) is 3.56. The van der Waals surface area contributed by atoms with Gasteiger partial charge in [-0.25, -0.2) is 0 Å². The topological polar surface area (TPSA) is 29.5 Å². The maximum atomic E-state index is 8.88. The molecule has 1 heterocycles. The molecule has 0 atom stereocenters. The van der Waals surface area contributed by atoms with Crippen LogP contribution < -0.4 is 4.74 Å². The first kappa shape index (κ1) is 8.85. The highest BCUT2D eigenvalue weighted by Crippen LogP contribution is 2.33. The summed E-state index contributed by atoms with van der Waals surface area (Å²) in [4.78, 5) is 0. The number of aliphatic hydroxyl groups is 1. The van der Waals surface area contributed by atoms with E-state index in [1.165, 1.54) is 5.56 Å². The first-order chi connectivity index (χ1) is 6.33. The molecule has 0 bridgehead atoms. The smallest absolute Gasteiger partial charge is 0.123 e. The average molecular weight is 199 g/mol. The van der Waals surface area contributed by atoms with E-state index in [-0.39, 0.29) is 6.61 Å². The SMILES string of the molecule is OCCc1c(Cl)ccc2c1CCO2. The zero-order valence-electron chi connectivity index (χ0n) is 7.22. The Bertz CT molecular complexity index is 323. The molecule has 1 aliphatic rings. The van der Waals surface area contributed by atoms with Crippen molar-refractivity contribution in [2.45, 2.75) is 12.8 Å². The van der Waals surface area contributed by atoms with Crippen molar-refractivity contribution in [1.29, 1.82) is 0 Å². The zero-order valence-corrected chi connectivity index (χ0v) is 7.97. The Hall–Kier alpha value is -0.730. The quantitative estimate of drug-likeness (QED) is 0.786. The molecule has 0 fully saturated rings. The van der Waals surface area contributed by atoms with E-state index in [1.54, 1.807) is 0 Å². The van der Waals surface area contributed by atoms with Gasteiger partial charge in [-0.15, -0.1) is 0 Å². The van der Waals surface area contributed by atoms with E-state index in [2.05, 4.69) is 0 Å². The summed E-state index contributed by atoms with van der Waals surface area (Å²) in [5.74, 6) is 0.924. The van der Waals surface area contributed by atoms with Crippen LogP contribution in [0.2, 0.25) is 5.02 Å². The van der Waals surface area contributed by atoms with Gasteiger partial charge in [0.25, 0.3) is 0 Å². The Balaban J connectivity index is 2.45. The van der Waals surface area contributed by atoms with Gasteiger partial charge >= 0.3 is 0 Å². The van der Waals surface area contributed by atoms with Gasteiger partial charge in [0.2, 0.25) is 0 Å². The predicted molar refractivity (Wildman–Crippen MR) is 51.4 cm³/mol. The fourth-order valence-electron chi connectivity index (χ4n) is 1.70. The number of hydrogen-bond acceptors (Lipinski definition) is 2. The van der Waals surface area contributed by atoms with Gasteiger partial charge in [-0.3, -0.25) is 0 Å². The molecule has 1 aliphatic heterocycles. The third kappa shape index (κ3) is 1.52. The van der Waals surface area contributed by atoms with E-state index in [0.717, 1.165) is 29.4 Å². The largest absolute Gasteiger partial charge is 0.493 e. The Morgan fingerprint density at radius 2 is 2.31 bits per heavy atom. The standard InChI is InChI=1S/C10H11ClO2/c11-9-1-2-10-8(4-6-13-10)7(9)3-5-12/h1-2,12H,3-6H2. The van der Waals surface area contributed by atoms with Crippen LogP contribution in [-0.4, -0.2) is 18.3 Å². The first-order valence-electron chi connectivity index (χ1n) is 4.37. The number of fused-ring (bicyclic) bond motifs is 1. The third-order valence-electron chi connectivity index (χ3n) is 2.30. The number of ether oxygens (including phenoxy) is 1. The lowest BCUT2D eigenvalue weighted by molar-refractivity contribution is 0.299. The van der Waals surface area contributed by atoms with E-state index < -0.39 is 0 Å². The normalized spacial score (nSPS) is 14.0. The second-order valence-electron chi connectivity index (χ2n) is 3.07. The molecular weight excluding hydrogens is 188 g/mol. The molecule has 0 unspecified atom stereocenters. The molecule has 3 heteroatoms. The number of halogens is 1. The van der Waals surface area contributed by atoms with E-state index >= 15 is 0 Å². The lowest BCUT2D eigenvalue weighted by Crippen LogP contribution is -1.96. The van der Waals surface area contributed by atoms with Crippen molar-refractivity contribution in [3.05, 3.63) is 28.3 Å². The van der Waals surface area contributed by atoms with Gasteiger partial charge in [0.05, 0.1) is 6.61 Å². The van der Waals surface area contributed by atoms with Crippen LogP contribution in [0.15, 0.2) is 12.1 Å². The number of rotatable bonds is 2. The van der Waals surface area contributed by atoms with Gasteiger partial charge < -0.3 is 9.84 Å². The lowest BCUT2D eigenvalue weighted by atomic mass is 10.0. The second-order valence-corrected chi connectivity index (χ2v) is 3.48. The lowest BCUT2D eigenvalue weighted by Gasteiger charge is -2.07. The van der Waals surface area contributed by atoms with Crippen LogP contribution in [0.4, 0.5) is 0 Å². The molecule has 2 nitrogen and oxygen atoms in total. The Morgan fingerprint density at radius 1 is 1.46 bits per heavy atom. The van der Waals surface area contributed by atoms with Gasteiger partial charge in [0.1, 0.15) is 5.75 Å². The molecule has 0 spiro atoms. The van der Waals surface area contributed by atoms with Crippen molar-refractivity contribution in [3.8, 4) is 5.75 Å². The van der Waals surface area contributed by atoms with Gasteiger partial charge in [-0.05, 0) is 24.1 Å². The molecule has 0 saturated heterocycles. The molecule has 0 aliphatic carbocycles. The molecule has 1 N–H and O–H groups in total. The number of benzene rings is 1. The summed E-state index contributed by atoms with van der Waals surface area (Å²) in [7, 11) is 0. The zero-order chi connectivity index (χ0) is 9.26. The minimum absolute atomic E-state index is 0.135. The molecule has 0 aromatic heterocycles. The fraction of sp³-hybridized carbons (Fsp3) is 0.400. The van der Waals surface area contributed by atoms with Crippen LogP contribution in [-0.2, 0) is 12.8 Å². The Kier molecular flexibility index (Phi) is 2.42. The fourth-order valence-corrected chi connectivity index (χ4v) is 1.97. The van der Waals surface area contributed by atoms with Crippen molar-refractivity contribution in [3.63, 3.8) is 0 Å². The molecule has 0 saturated carbocycles. The van der Waals surface area contributed by atoms with Crippen LogP contribution in [0, 0.1) is 0 Å². The molecule has 0 amide bonds. The number of aliphatic hydroxyl groups excluding tert-OH is 1. The van der Waals surface area contributed by atoms with Crippen LogP contribution in [0.1, 0.15) is 11.1 Å². The highest BCUT2D eigenvalue weighted by Gasteiger charge is 2.17. The summed E-state index contributed by atoms with van der Waals surface area (Å²) in [6.45, 7) is 0.865. The summed E-state index contributed by atoms with van der Waals surface area (Å²) < 4.78 is 5.40. The Labute approximate surface area is 82.1 Å². The molecule has 0 radical (unpaired) electrons. The monoisotopic (exact) mass is 198 g/mol. The highest BCUT2D eigenvalue weighted by molar-refractivity contribution is 6.31. The maximum absolute atomic E-state index is 8.88. The maximum Gasteiger partial charge on any atom is 0.123 e. The van der Waals surface area contributed by atoms with E-state index in [0.29, 0.717) is 6.42 Å². The van der Waals surface area contributed by atoms with E-state index in [1.807, 2.05) is 12.1 Å². The average Bonchev–Trinajstić information content (AvgIpc) is 2.58.